The molecule has 1 rings (SSSR count). The molecule has 0 aliphatic carbocycles. The molecule has 2 nitrogen and oxygen atoms in total. The molecule has 0 saturated carbocycles. The van der Waals surface area contributed by atoms with Crippen molar-refractivity contribution in [3.63, 3.8) is 0 Å². The van der Waals surface area contributed by atoms with E-state index in [1.807, 2.05) is 37.3 Å². The molecule has 0 radical (unpaired) electrons. The molecule has 1 aromatic rings. The van der Waals surface area contributed by atoms with E-state index in [0.29, 0.717) is 5.90 Å². The number of benzene rings is 1. The normalized spacial score (nSPS) is 11.2. The Morgan fingerprint density at radius 3 is 2.31 bits per heavy atom. The molecule has 0 saturated heterocycles. The molecule has 0 bridgehead atoms. The summed E-state index contributed by atoms with van der Waals surface area (Å²) in [5, 5.41) is 7.46. The number of halogens is 1. The lowest BCUT2D eigenvalue weighted by Crippen LogP contribution is -2.09. The monoisotopic (exact) mass is 199 g/mol. The maximum Gasteiger partial charge on any atom is 0.187 e. The van der Waals surface area contributed by atoms with E-state index in [9.17, 15) is 0 Å². The summed E-state index contributed by atoms with van der Waals surface area (Å²) < 4.78 is 4.85. The van der Waals surface area contributed by atoms with Gasteiger partial charge in [0.1, 0.15) is 0 Å². The molecule has 0 fully saturated rings. The number of hydrogen-bond acceptors (Lipinski definition) is 2. The van der Waals surface area contributed by atoms with Crippen LogP contribution in [-0.4, -0.2) is 13.0 Å². The van der Waals surface area contributed by atoms with Gasteiger partial charge in [0.05, 0.1) is 13.0 Å². The fraction of sp³-hybridized carbons (Fsp3) is 0.300. The number of rotatable bonds is 2. The maximum absolute atomic E-state index is 7.46. The molecular weight excluding hydrogens is 186 g/mol. The van der Waals surface area contributed by atoms with Crippen LogP contribution in [0.4, 0.5) is 0 Å². The van der Waals surface area contributed by atoms with Gasteiger partial charge in [-0.15, -0.1) is 12.4 Å². The third-order valence-corrected chi connectivity index (χ3v) is 1.91. The first-order valence-corrected chi connectivity index (χ1v) is 3.93. The fourth-order valence-electron chi connectivity index (χ4n) is 1.07. The van der Waals surface area contributed by atoms with Crippen LogP contribution in [-0.2, 0) is 4.74 Å². The summed E-state index contributed by atoms with van der Waals surface area (Å²) in [5.74, 6) is 0.359. The fourth-order valence-corrected chi connectivity index (χ4v) is 1.07. The van der Waals surface area contributed by atoms with Crippen LogP contribution in [0.2, 0.25) is 0 Å². The number of hydrogen-bond donors (Lipinski definition) is 1. The van der Waals surface area contributed by atoms with Crippen LogP contribution >= 0.6 is 12.4 Å². The molecule has 1 atom stereocenters. The van der Waals surface area contributed by atoms with Crippen LogP contribution in [0.5, 0.6) is 0 Å². The van der Waals surface area contributed by atoms with Crippen molar-refractivity contribution >= 4 is 18.3 Å². The minimum Gasteiger partial charge on any atom is -0.484 e. The van der Waals surface area contributed by atoms with Gasteiger partial charge in [0.25, 0.3) is 0 Å². The van der Waals surface area contributed by atoms with E-state index in [2.05, 4.69) is 0 Å². The molecule has 0 heterocycles. The first-order chi connectivity index (χ1) is 5.75. The summed E-state index contributed by atoms with van der Waals surface area (Å²) in [7, 11) is 1.53. The SMILES string of the molecule is COC(=N)C(C)c1ccccc1.Cl. The zero-order valence-corrected chi connectivity index (χ0v) is 8.60. The second-order valence-electron chi connectivity index (χ2n) is 2.70. The van der Waals surface area contributed by atoms with Crippen LogP contribution in [0, 0.1) is 5.41 Å². The highest BCUT2D eigenvalue weighted by Gasteiger charge is 2.10. The molecule has 1 N–H and O–H groups in total. The molecule has 1 unspecified atom stereocenters. The average Bonchev–Trinajstić information content (AvgIpc) is 2.17. The van der Waals surface area contributed by atoms with E-state index < -0.39 is 0 Å². The van der Waals surface area contributed by atoms with Crippen molar-refractivity contribution in [3.8, 4) is 0 Å². The molecule has 1 aromatic carbocycles. The van der Waals surface area contributed by atoms with Crippen molar-refractivity contribution in [1.29, 1.82) is 5.41 Å². The van der Waals surface area contributed by atoms with E-state index in [1.165, 1.54) is 7.11 Å². The third kappa shape index (κ3) is 3.07. The van der Waals surface area contributed by atoms with Crippen LogP contribution in [0.1, 0.15) is 18.4 Å². The Bertz CT molecular complexity index is 261. The van der Waals surface area contributed by atoms with Crippen molar-refractivity contribution < 1.29 is 4.74 Å². The topological polar surface area (TPSA) is 33.1 Å². The lowest BCUT2D eigenvalue weighted by molar-refractivity contribution is 0.380. The van der Waals surface area contributed by atoms with Gasteiger partial charge in [-0.1, -0.05) is 30.3 Å². The van der Waals surface area contributed by atoms with E-state index in [4.69, 9.17) is 10.1 Å². The van der Waals surface area contributed by atoms with Gasteiger partial charge in [-0.2, -0.15) is 0 Å². The molecule has 72 valence electrons. The standard InChI is InChI=1S/C10H13NO.ClH/c1-8(10(11)12-2)9-6-4-3-5-7-9;/h3-8,11H,1-2H3;1H. The van der Waals surface area contributed by atoms with Crippen molar-refractivity contribution in [2.24, 2.45) is 0 Å². The molecule has 0 spiro atoms. The van der Waals surface area contributed by atoms with E-state index in [1.54, 1.807) is 0 Å². The lowest BCUT2D eigenvalue weighted by atomic mass is 10.0. The molecule has 0 aliphatic rings. The summed E-state index contributed by atoms with van der Waals surface area (Å²) in [6, 6.07) is 9.90. The Hall–Kier alpha value is -1.02. The van der Waals surface area contributed by atoms with Crippen LogP contribution in [0.3, 0.4) is 0 Å². The van der Waals surface area contributed by atoms with E-state index in [-0.39, 0.29) is 18.3 Å². The number of ether oxygens (including phenoxy) is 1. The lowest BCUT2D eigenvalue weighted by Gasteiger charge is -2.11. The molecule has 0 aliphatic heterocycles. The summed E-state index contributed by atoms with van der Waals surface area (Å²) >= 11 is 0. The highest BCUT2D eigenvalue weighted by molar-refractivity contribution is 5.85. The first-order valence-electron chi connectivity index (χ1n) is 3.93. The Balaban J connectivity index is 0.00000144. The van der Waals surface area contributed by atoms with Gasteiger partial charge < -0.3 is 4.74 Å². The predicted molar refractivity (Wildman–Crippen MR) is 56.8 cm³/mol. The van der Waals surface area contributed by atoms with Gasteiger partial charge in [-0.05, 0) is 12.5 Å². The minimum atomic E-state index is 0. The second-order valence-corrected chi connectivity index (χ2v) is 2.70. The smallest absolute Gasteiger partial charge is 0.187 e. The van der Waals surface area contributed by atoms with Crippen molar-refractivity contribution in [3.05, 3.63) is 35.9 Å². The highest BCUT2D eigenvalue weighted by atomic mass is 35.5. The van der Waals surface area contributed by atoms with Crippen LogP contribution < -0.4 is 0 Å². The zero-order valence-electron chi connectivity index (χ0n) is 7.78. The van der Waals surface area contributed by atoms with E-state index >= 15 is 0 Å². The Kier molecular flexibility index (Phi) is 5.16. The van der Waals surface area contributed by atoms with Gasteiger partial charge in [0.2, 0.25) is 0 Å². The van der Waals surface area contributed by atoms with Crippen LogP contribution in [0.15, 0.2) is 30.3 Å². The molecule has 3 heteroatoms. The van der Waals surface area contributed by atoms with Crippen LogP contribution in [0.25, 0.3) is 0 Å². The Labute approximate surface area is 84.8 Å². The maximum atomic E-state index is 7.46. The quantitative estimate of drug-likeness (QED) is 0.577. The molecular formula is C10H14ClNO. The first kappa shape index (κ1) is 12.0. The largest absolute Gasteiger partial charge is 0.484 e. The number of methoxy groups -OCH3 is 1. The summed E-state index contributed by atoms with van der Waals surface area (Å²) in [6.07, 6.45) is 0. The zero-order chi connectivity index (χ0) is 8.97. The van der Waals surface area contributed by atoms with Crippen molar-refractivity contribution in [2.75, 3.05) is 7.11 Å². The summed E-state index contributed by atoms with van der Waals surface area (Å²) in [5.41, 5.74) is 1.12. The second kappa shape index (κ2) is 5.60. The molecule has 13 heavy (non-hydrogen) atoms. The Morgan fingerprint density at radius 2 is 1.85 bits per heavy atom. The predicted octanol–water partition coefficient (Wildman–Crippen LogP) is 2.84. The van der Waals surface area contributed by atoms with Gasteiger partial charge in [0, 0.05) is 0 Å². The van der Waals surface area contributed by atoms with Crippen molar-refractivity contribution in [2.45, 2.75) is 12.8 Å². The van der Waals surface area contributed by atoms with E-state index in [0.717, 1.165) is 5.56 Å². The summed E-state index contributed by atoms with van der Waals surface area (Å²) in [6.45, 7) is 1.96. The van der Waals surface area contributed by atoms with Gasteiger partial charge in [0.15, 0.2) is 5.90 Å². The summed E-state index contributed by atoms with van der Waals surface area (Å²) in [4.78, 5) is 0. The molecule has 0 amide bonds. The van der Waals surface area contributed by atoms with Gasteiger partial charge in [-0.25, -0.2) is 0 Å². The van der Waals surface area contributed by atoms with Crippen molar-refractivity contribution in [1.82, 2.24) is 0 Å². The average molecular weight is 200 g/mol. The van der Waals surface area contributed by atoms with Gasteiger partial charge >= 0.3 is 0 Å². The third-order valence-electron chi connectivity index (χ3n) is 1.91. The minimum absolute atomic E-state index is 0. The van der Waals surface area contributed by atoms with Gasteiger partial charge in [-0.3, -0.25) is 5.41 Å². The molecule has 0 aromatic heterocycles. The highest BCUT2D eigenvalue weighted by Crippen LogP contribution is 2.15. The number of nitrogens with one attached hydrogen (secondary N) is 1. The Morgan fingerprint density at radius 1 is 1.31 bits per heavy atom.